The van der Waals surface area contributed by atoms with Gasteiger partial charge in [-0.1, -0.05) is 18.2 Å². The molecular weight excluding hydrogens is 222 g/mol. The Labute approximate surface area is 101 Å². The molecule has 16 heavy (non-hydrogen) atoms. The first-order chi connectivity index (χ1) is 7.61. The van der Waals surface area contributed by atoms with Gasteiger partial charge in [-0.25, -0.2) is 0 Å². The van der Waals surface area contributed by atoms with Crippen LogP contribution in [0.25, 0.3) is 0 Å². The average molecular weight is 238 g/mol. The van der Waals surface area contributed by atoms with Crippen molar-refractivity contribution in [2.75, 3.05) is 4.90 Å². The summed E-state index contributed by atoms with van der Waals surface area (Å²) < 4.78 is 0. The van der Waals surface area contributed by atoms with Crippen molar-refractivity contribution in [1.82, 2.24) is 0 Å². The monoisotopic (exact) mass is 237 g/mol. The fourth-order valence-corrected chi connectivity index (χ4v) is 2.32. The van der Waals surface area contributed by atoms with Crippen molar-refractivity contribution in [2.24, 2.45) is 0 Å². The molecule has 3 heteroatoms. The van der Waals surface area contributed by atoms with Gasteiger partial charge in [-0.05, 0) is 38.3 Å². The molecule has 0 fully saturated rings. The molecule has 2 atom stereocenters. The number of nitrogens with zero attached hydrogens (tertiary/aromatic N) is 1. The molecular formula is C13H16ClNO. The van der Waals surface area contributed by atoms with Crippen molar-refractivity contribution in [3.8, 4) is 0 Å². The molecule has 0 saturated heterocycles. The molecule has 0 unspecified atom stereocenters. The predicted molar refractivity (Wildman–Crippen MR) is 67.0 cm³/mol. The number of carbonyl (C=O) groups excluding carboxylic acids is 1. The van der Waals surface area contributed by atoms with Crippen LogP contribution in [-0.4, -0.2) is 17.3 Å². The Morgan fingerprint density at radius 3 is 2.88 bits per heavy atom. The number of fused-ring (bicyclic) bond motifs is 1. The van der Waals surface area contributed by atoms with Crippen molar-refractivity contribution in [2.45, 2.75) is 38.1 Å². The van der Waals surface area contributed by atoms with Crippen LogP contribution in [0.15, 0.2) is 24.3 Å². The Morgan fingerprint density at radius 2 is 2.19 bits per heavy atom. The predicted octanol–water partition coefficient (Wildman–Crippen LogP) is 2.98. The van der Waals surface area contributed by atoms with Crippen LogP contribution in [0.3, 0.4) is 0 Å². The average Bonchev–Trinajstić information content (AvgIpc) is 2.28. The molecule has 2 rings (SSSR count). The van der Waals surface area contributed by atoms with Gasteiger partial charge in [0.05, 0.1) is 0 Å². The van der Waals surface area contributed by atoms with Gasteiger partial charge >= 0.3 is 0 Å². The SMILES string of the molecule is C[C@@H]1CCc2ccccc2N1C(=O)[C@@H](C)Cl. The highest BCUT2D eigenvalue weighted by atomic mass is 35.5. The topological polar surface area (TPSA) is 20.3 Å². The van der Waals surface area contributed by atoms with E-state index < -0.39 is 5.38 Å². The number of rotatable bonds is 1. The van der Waals surface area contributed by atoms with Gasteiger partial charge in [-0.2, -0.15) is 0 Å². The van der Waals surface area contributed by atoms with Gasteiger partial charge in [0.25, 0.3) is 0 Å². The molecule has 0 bridgehead atoms. The van der Waals surface area contributed by atoms with Gasteiger partial charge in [0, 0.05) is 11.7 Å². The van der Waals surface area contributed by atoms with E-state index >= 15 is 0 Å². The van der Waals surface area contributed by atoms with Crippen LogP contribution in [-0.2, 0) is 11.2 Å². The molecule has 0 aliphatic carbocycles. The Balaban J connectivity index is 2.40. The third-order valence-electron chi connectivity index (χ3n) is 3.10. The Hall–Kier alpha value is -1.02. The third kappa shape index (κ3) is 1.94. The molecule has 1 amide bonds. The van der Waals surface area contributed by atoms with Crippen LogP contribution in [0, 0.1) is 0 Å². The lowest BCUT2D eigenvalue weighted by atomic mass is 9.96. The van der Waals surface area contributed by atoms with E-state index in [-0.39, 0.29) is 11.9 Å². The van der Waals surface area contributed by atoms with Gasteiger partial charge in [-0.15, -0.1) is 11.6 Å². The largest absolute Gasteiger partial charge is 0.308 e. The Bertz CT molecular complexity index is 403. The van der Waals surface area contributed by atoms with Crippen LogP contribution in [0.1, 0.15) is 25.8 Å². The highest BCUT2D eigenvalue weighted by Crippen LogP contribution is 2.31. The standard InChI is InChI=1S/C13H16ClNO/c1-9-7-8-11-5-3-4-6-12(11)15(9)13(16)10(2)14/h3-6,9-10H,7-8H2,1-2H3/t9-,10-/m1/s1. The maximum atomic E-state index is 12.1. The summed E-state index contributed by atoms with van der Waals surface area (Å²) in [7, 11) is 0. The van der Waals surface area contributed by atoms with Gasteiger partial charge in [0.15, 0.2) is 0 Å². The number of hydrogen-bond donors (Lipinski definition) is 0. The number of aryl methyl sites for hydroxylation is 1. The summed E-state index contributed by atoms with van der Waals surface area (Å²) in [5, 5.41) is -0.464. The summed E-state index contributed by atoms with van der Waals surface area (Å²) >= 11 is 5.90. The van der Waals surface area contributed by atoms with E-state index in [2.05, 4.69) is 13.0 Å². The normalized spacial score (nSPS) is 21.4. The van der Waals surface area contributed by atoms with E-state index in [1.54, 1.807) is 6.92 Å². The van der Waals surface area contributed by atoms with E-state index in [0.29, 0.717) is 0 Å². The zero-order valence-electron chi connectivity index (χ0n) is 9.61. The van der Waals surface area contributed by atoms with Gasteiger partial charge in [0.2, 0.25) is 5.91 Å². The first-order valence-electron chi connectivity index (χ1n) is 5.66. The van der Waals surface area contributed by atoms with Crippen LogP contribution >= 0.6 is 11.6 Å². The smallest absolute Gasteiger partial charge is 0.245 e. The Morgan fingerprint density at radius 1 is 1.50 bits per heavy atom. The minimum atomic E-state index is -0.464. The molecule has 2 nitrogen and oxygen atoms in total. The summed E-state index contributed by atoms with van der Waals surface area (Å²) in [6.07, 6.45) is 2.05. The van der Waals surface area contributed by atoms with Crippen molar-refractivity contribution in [3.05, 3.63) is 29.8 Å². The second-order valence-electron chi connectivity index (χ2n) is 4.34. The number of anilines is 1. The fraction of sp³-hybridized carbons (Fsp3) is 0.462. The molecule has 1 aliphatic heterocycles. The van der Waals surface area contributed by atoms with E-state index in [4.69, 9.17) is 11.6 Å². The van der Waals surface area contributed by atoms with Crippen LogP contribution < -0.4 is 4.90 Å². The summed E-state index contributed by atoms with van der Waals surface area (Å²) in [5.74, 6) is 0.00122. The molecule has 1 heterocycles. The zero-order valence-corrected chi connectivity index (χ0v) is 10.4. The number of halogens is 1. The van der Waals surface area contributed by atoms with E-state index in [0.717, 1.165) is 18.5 Å². The van der Waals surface area contributed by atoms with Crippen molar-refractivity contribution >= 4 is 23.2 Å². The summed E-state index contributed by atoms with van der Waals surface area (Å²) in [6, 6.07) is 8.31. The molecule has 0 radical (unpaired) electrons. The molecule has 0 aromatic heterocycles. The summed E-state index contributed by atoms with van der Waals surface area (Å²) in [6.45, 7) is 3.81. The lowest BCUT2D eigenvalue weighted by molar-refractivity contribution is -0.118. The van der Waals surface area contributed by atoms with Crippen LogP contribution in [0.2, 0.25) is 0 Å². The number of para-hydroxylation sites is 1. The van der Waals surface area contributed by atoms with Gasteiger partial charge < -0.3 is 4.90 Å². The highest BCUT2D eigenvalue weighted by Gasteiger charge is 2.29. The van der Waals surface area contributed by atoms with E-state index in [1.807, 2.05) is 23.1 Å². The first-order valence-corrected chi connectivity index (χ1v) is 6.10. The lowest BCUT2D eigenvalue weighted by Gasteiger charge is -2.36. The van der Waals surface area contributed by atoms with E-state index in [9.17, 15) is 4.79 Å². The fourth-order valence-electron chi connectivity index (χ4n) is 2.22. The van der Waals surface area contributed by atoms with Crippen molar-refractivity contribution < 1.29 is 4.79 Å². The molecule has 0 N–H and O–H groups in total. The molecule has 1 aromatic carbocycles. The summed E-state index contributed by atoms with van der Waals surface area (Å²) in [5.41, 5.74) is 2.27. The second-order valence-corrected chi connectivity index (χ2v) is 5.00. The van der Waals surface area contributed by atoms with Crippen LogP contribution in [0.4, 0.5) is 5.69 Å². The third-order valence-corrected chi connectivity index (χ3v) is 3.29. The quantitative estimate of drug-likeness (QED) is 0.688. The minimum Gasteiger partial charge on any atom is -0.308 e. The molecule has 1 aliphatic rings. The van der Waals surface area contributed by atoms with Crippen molar-refractivity contribution in [1.29, 1.82) is 0 Å². The Kier molecular flexibility index (Phi) is 3.20. The summed E-state index contributed by atoms with van der Waals surface area (Å²) in [4.78, 5) is 13.9. The number of carbonyl (C=O) groups is 1. The lowest BCUT2D eigenvalue weighted by Crippen LogP contribution is -2.45. The molecule has 86 valence electrons. The first kappa shape index (κ1) is 11.5. The zero-order chi connectivity index (χ0) is 11.7. The molecule has 1 aromatic rings. The number of alkyl halides is 1. The maximum absolute atomic E-state index is 12.1. The number of amides is 1. The number of benzene rings is 1. The van der Waals surface area contributed by atoms with E-state index in [1.165, 1.54) is 5.56 Å². The molecule has 0 spiro atoms. The van der Waals surface area contributed by atoms with Gasteiger partial charge in [0.1, 0.15) is 5.38 Å². The van der Waals surface area contributed by atoms with Crippen LogP contribution in [0.5, 0.6) is 0 Å². The van der Waals surface area contributed by atoms with Crippen molar-refractivity contribution in [3.63, 3.8) is 0 Å². The highest BCUT2D eigenvalue weighted by molar-refractivity contribution is 6.32. The number of hydrogen-bond acceptors (Lipinski definition) is 1. The molecule has 0 saturated carbocycles. The second kappa shape index (κ2) is 4.46. The maximum Gasteiger partial charge on any atom is 0.245 e. The minimum absolute atomic E-state index is 0.00122. The van der Waals surface area contributed by atoms with Gasteiger partial charge in [-0.3, -0.25) is 4.79 Å².